The van der Waals surface area contributed by atoms with Crippen molar-refractivity contribution in [3.05, 3.63) is 76.0 Å². The van der Waals surface area contributed by atoms with E-state index in [1.165, 1.54) is 6.08 Å². The highest BCUT2D eigenvalue weighted by molar-refractivity contribution is 9.10. The lowest BCUT2D eigenvalue weighted by Gasteiger charge is -2.07. The minimum absolute atomic E-state index is 0.0596. The van der Waals surface area contributed by atoms with Crippen LogP contribution in [0.1, 0.15) is 18.2 Å². The predicted octanol–water partition coefficient (Wildman–Crippen LogP) is 5.96. The van der Waals surface area contributed by atoms with Gasteiger partial charge in [0.05, 0.1) is 6.61 Å². The molecular formula is C23H19BrN2O3. The van der Waals surface area contributed by atoms with Crippen molar-refractivity contribution in [2.45, 2.75) is 13.8 Å². The molecule has 0 unspecified atom stereocenters. The van der Waals surface area contributed by atoms with E-state index in [0.717, 1.165) is 15.6 Å². The molecular weight excluding hydrogens is 432 g/mol. The van der Waals surface area contributed by atoms with E-state index in [0.29, 0.717) is 29.6 Å². The van der Waals surface area contributed by atoms with Gasteiger partial charge in [0.15, 0.2) is 0 Å². The number of amides is 1. The number of anilines is 1. The summed E-state index contributed by atoms with van der Waals surface area (Å²) in [6, 6.07) is 18.4. The Balaban J connectivity index is 1.79. The van der Waals surface area contributed by atoms with E-state index in [-0.39, 0.29) is 5.57 Å². The second-order valence-corrected chi connectivity index (χ2v) is 7.12. The van der Waals surface area contributed by atoms with E-state index in [4.69, 9.17) is 9.15 Å². The van der Waals surface area contributed by atoms with Crippen LogP contribution in [-0.4, -0.2) is 12.5 Å². The van der Waals surface area contributed by atoms with E-state index in [9.17, 15) is 10.1 Å². The maximum atomic E-state index is 12.5. The lowest BCUT2D eigenvalue weighted by atomic mass is 10.1. The summed E-state index contributed by atoms with van der Waals surface area (Å²) in [5.41, 5.74) is 2.51. The molecule has 0 radical (unpaired) electrons. The smallest absolute Gasteiger partial charge is 0.266 e. The molecule has 6 heteroatoms. The van der Waals surface area contributed by atoms with Crippen LogP contribution in [0.25, 0.3) is 17.4 Å². The molecule has 0 fully saturated rings. The van der Waals surface area contributed by atoms with Crippen molar-refractivity contribution in [2.75, 3.05) is 11.9 Å². The maximum absolute atomic E-state index is 12.5. The average Bonchev–Trinajstić information content (AvgIpc) is 3.15. The monoisotopic (exact) mass is 450 g/mol. The topological polar surface area (TPSA) is 75.3 Å². The molecule has 0 saturated carbocycles. The summed E-state index contributed by atoms with van der Waals surface area (Å²) in [4.78, 5) is 12.5. The van der Waals surface area contributed by atoms with E-state index < -0.39 is 5.91 Å². The first-order valence-corrected chi connectivity index (χ1v) is 9.82. The first kappa shape index (κ1) is 20.4. The molecule has 1 aromatic heterocycles. The second kappa shape index (κ2) is 9.26. The van der Waals surface area contributed by atoms with Gasteiger partial charge in [-0.25, -0.2) is 0 Å². The van der Waals surface area contributed by atoms with Crippen molar-refractivity contribution in [3.8, 4) is 23.1 Å². The van der Waals surface area contributed by atoms with E-state index >= 15 is 0 Å². The van der Waals surface area contributed by atoms with Gasteiger partial charge in [-0.15, -0.1) is 0 Å². The number of aryl methyl sites for hydroxylation is 1. The Hall–Kier alpha value is -3.30. The van der Waals surface area contributed by atoms with Crippen molar-refractivity contribution >= 4 is 33.6 Å². The number of hydrogen-bond acceptors (Lipinski definition) is 4. The number of furan rings is 1. The number of hydrogen-bond donors (Lipinski definition) is 1. The molecule has 146 valence electrons. The third kappa shape index (κ3) is 5.15. The standard InChI is InChI=1S/C23H19BrN2O3/c1-3-28-18-6-4-5-17(13-18)26-23(27)16(14-25)12-19-8-10-22(29-19)20-9-7-15(2)11-21(20)24/h4-13H,3H2,1-2H3,(H,26,27)/b16-12-. The number of nitrogens with zero attached hydrogens (tertiary/aromatic N) is 1. The van der Waals surface area contributed by atoms with Crippen LogP contribution in [-0.2, 0) is 4.79 Å². The Labute approximate surface area is 177 Å². The van der Waals surface area contributed by atoms with Crippen LogP contribution in [0.2, 0.25) is 0 Å². The van der Waals surface area contributed by atoms with Crippen molar-refractivity contribution in [2.24, 2.45) is 0 Å². The fraction of sp³-hybridized carbons (Fsp3) is 0.130. The summed E-state index contributed by atoms with van der Waals surface area (Å²) in [6.45, 7) is 4.42. The number of carbonyl (C=O) groups is 1. The van der Waals surface area contributed by atoms with Gasteiger partial charge in [0.2, 0.25) is 0 Å². The molecule has 0 aliphatic heterocycles. The van der Waals surface area contributed by atoms with Crippen LogP contribution in [0.3, 0.4) is 0 Å². The zero-order valence-corrected chi connectivity index (χ0v) is 17.6. The highest BCUT2D eigenvalue weighted by Crippen LogP contribution is 2.31. The molecule has 1 heterocycles. The number of nitriles is 1. The summed E-state index contributed by atoms with van der Waals surface area (Å²) in [5.74, 6) is 1.19. The van der Waals surface area contributed by atoms with Gasteiger partial charge < -0.3 is 14.5 Å². The minimum atomic E-state index is -0.518. The molecule has 5 nitrogen and oxygen atoms in total. The van der Waals surface area contributed by atoms with Gasteiger partial charge in [-0.1, -0.05) is 28.1 Å². The van der Waals surface area contributed by atoms with Crippen LogP contribution in [0, 0.1) is 18.3 Å². The fourth-order valence-corrected chi connectivity index (χ4v) is 3.40. The third-order valence-electron chi connectivity index (χ3n) is 4.07. The zero-order chi connectivity index (χ0) is 20.8. The lowest BCUT2D eigenvalue weighted by molar-refractivity contribution is -0.112. The van der Waals surface area contributed by atoms with Crippen molar-refractivity contribution < 1.29 is 13.9 Å². The highest BCUT2D eigenvalue weighted by atomic mass is 79.9. The molecule has 0 spiro atoms. The van der Waals surface area contributed by atoms with Crippen LogP contribution < -0.4 is 10.1 Å². The number of benzene rings is 2. The second-order valence-electron chi connectivity index (χ2n) is 6.27. The van der Waals surface area contributed by atoms with Crippen LogP contribution in [0.4, 0.5) is 5.69 Å². The molecule has 29 heavy (non-hydrogen) atoms. The number of carbonyl (C=O) groups excluding carboxylic acids is 1. The first-order chi connectivity index (χ1) is 14.0. The Morgan fingerprint density at radius 1 is 1.24 bits per heavy atom. The van der Waals surface area contributed by atoms with Crippen molar-refractivity contribution in [1.29, 1.82) is 5.26 Å². The highest BCUT2D eigenvalue weighted by Gasteiger charge is 2.13. The first-order valence-electron chi connectivity index (χ1n) is 9.02. The summed E-state index contributed by atoms with van der Waals surface area (Å²) in [5, 5.41) is 12.1. The quantitative estimate of drug-likeness (QED) is 0.371. The van der Waals surface area contributed by atoms with Gasteiger partial charge in [-0.2, -0.15) is 5.26 Å². The minimum Gasteiger partial charge on any atom is -0.494 e. The molecule has 0 aliphatic carbocycles. The Kier molecular flexibility index (Phi) is 6.53. The number of halogens is 1. The summed E-state index contributed by atoms with van der Waals surface area (Å²) >= 11 is 3.53. The number of nitrogens with one attached hydrogen (secondary N) is 1. The molecule has 1 N–H and O–H groups in total. The largest absolute Gasteiger partial charge is 0.494 e. The summed E-state index contributed by atoms with van der Waals surface area (Å²) in [6.07, 6.45) is 1.42. The molecule has 0 atom stereocenters. The molecule has 3 rings (SSSR count). The van der Waals surface area contributed by atoms with Gasteiger partial charge in [0.1, 0.15) is 28.9 Å². The van der Waals surface area contributed by atoms with Crippen LogP contribution in [0.15, 0.2) is 69.1 Å². The van der Waals surface area contributed by atoms with Crippen molar-refractivity contribution in [3.63, 3.8) is 0 Å². The van der Waals surface area contributed by atoms with Crippen LogP contribution in [0.5, 0.6) is 5.75 Å². The molecule has 0 saturated heterocycles. The van der Waals surface area contributed by atoms with Gasteiger partial charge in [-0.05, 0) is 55.8 Å². The molecule has 3 aromatic rings. The zero-order valence-electron chi connectivity index (χ0n) is 16.0. The molecule has 0 aliphatic rings. The Bertz CT molecular complexity index is 1110. The summed E-state index contributed by atoms with van der Waals surface area (Å²) in [7, 11) is 0. The van der Waals surface area contributed by atoms with Crippen molar-refractivity contribution in [1.82, 2.24) is 0 Å². The third-order valence-corrected chi connectivity index (χ3v) is 4.73. The maximum Gasteiger partial charge on any atom is 0.266 e. The predicted molar refractivity (Wildman–Crippen MR) is 116 cm³/mol. The lowest BCUT2D eigenvalue weighted by Crippen LogP contribution is -2.13. The van der Waals surface area contributed by atoms with E-state index in [1.54, 1.807) is 36.4 Å². The molecule has 1 amide bonds. The van der Waals surface area contributed by atoms with Gasteiger partial charge in [0, 0.05) is 27.9 Å². The fourth-order valence-electron chi connectivity index (χ4n) is 2.71. The number of rotatable bonds is 6. The molecule has 2 aromatic carbocycles. The summed E-state index contributed by atoms with van der Waals surface area (Å²) < 4.78 is 12.2. The SMILES string of the molecule is CCOc1cccc(NC(=O)/C(C#N)=C\c2ccc(-c3ccc(C)cc3Br)o2)c1. The van der Waals surface area contributed by atoms with Gasteiger partial charge in [-0.3, -0.25) is 4.79 Å². The Morgan fingerprint density at radius 3 is 2.79 bits per heavy atom. The van der Waals surface area contributed by atoms with E-state index in [2.05, 4.69) is 21.2 Å². The number of ether oxygens (including phenoxy) is 1. The average molecular weight is 451 g/mol. The van der Waals surface area contributed by atoms with Gasteiger partial charge >= 0.3 is 0 Å². The normalized spacial score (nSPS) is 11.0. The molecule has 0 bridgehead atoms. The van der Waals surface area contributed by atoms with Gasteiger partial charge in [0.25, 0.3) is 5.91 Å². The van der Waals surface area contributed by atoms with Crippen LogP contribution >= 0.6 is 15.9 Å². The Morgan fingerprint density at radius 2 is 2.07 bits per heavy atom. The van der Waals surface area contributed by atoms with E-state index in [1.807, 2.05) is 38.1 Å².